The molecule has 4 aromatic rings. The Morgan fingerprint density at radius 3 is 1.83 bits per heavy atom. The zero-order valence-electron chi connectivity index (χ0n) is 14.5. The van der Waals surface area contributed by atoms with Crippen molar-refractivity contribution < 1.29 is 0 Å². The van der Waals surface area contributed by atoms with Gasteiger partial charge in [0, 0.05) is 0 Å². The summed E-state index contributed by atoms with van der Waals surface area (Å²) >= 11 is 0. The van der Waals surface area contributed by atoms with Crippen LogP contribution in [0.4, 0.5) is 0 Å². The highest BCUT2D eigenvalue weighted by Crippen LogP contribution is 2.35. The Morgan fingerprint density at radius 1 is 0.542 bits per heavy atom. The molecule has 0 aliphatic heterocycles. The van der Waals surface area contributed by atoms with E-state index < -0.39 is 0 Å². The molecule has 0 fully saturated rings. The lowest BCUT2D eigenvalue weighted by molar-refractivity contribution is 0.591. The normalized spacial score (nSPS) is 12.0. The minimum atomic E-state index is 0.170. The van der Waals surface area contributed by atoms with Gasteiger partial charge in [-0.25, -0.2) is 0 Å². The van der Waals surface area contributed by atoms with Crippen molar-refractivity contribution in [3.8, 4) is 11.1 Å². The van der Waals surface area contributed by atoms with Crippen molar-refractivity contribution in [2.45, 2.75) is 26.2 Å². The van der Waals surface area contributed by atoms with Gasteiger partial charge in [-0.05, 0) is 43.7 Å². The Labute approximate surface area is 143 Å². The minimum Gasteiger partial charge on any atom is -0.0616 e. The van der Waals surface area contributed by atoms with E-state index in [4.69, 9.17) is 0 Å². The van der Waals surface area contributed by atoms with Gasteiger partial charge in [0.05, 0.1) is 0 Å². The largest absolute Gasteiger partial charge is 0.0616 e. The van der Waals surface area contributed by atoms with Crippen molar-refractivity contribution in [3.63, 3.8) is 0 Å². The van der Waals surface area contributed by atoms with Gasteiger partial charge in [-0.3, -0.25) is 0 Å². The number of rotatable bonds is 1. The topological polar surface area (TPSA) is 0 Å². The summed E-state index contributed by atoms with van der Waals surface area (Å²) in [7, 11) is 0. The molecule has 0 aliphatic carbocycles. The van der Waals surface area contributed by atoms with Crippen LogP contribution in [0.15, 0.2) is 78.9 Å². The Kier molecular flexibility index (Phi) is 3.42. The molecule has 0 bridgehead atoms. The van der Waals surface area contributed by atoms with Crippen molar-refractivity contribution in [2.75, 3.05) is 0 Å². The van der Waals surface area contributed by atoms with Crippen molar-refractivity contribution in [2.24, 2.45) is 0 Å². The molecule has 0 spiro atoms. The Hall–Kier alpha value is -2.60. The number of benzene rings is 4. The monoisotopic (exact) mass is 310 g/mol. The average Bonchev–Trinajstić information content (AvgIpc) is 2.59. The van der Waals surface area contributed by atoms with E-state index in [1.807, 2.05) is 0 Å². The smallest absolute Gasteiger partial charge is 0.00992 e. The predicted molar refractivity (Wildman–Crippen MR) is 106 cm³/mol. The summed E-state index contributed by atoms with van der Waals surface area (Å²) in [6.45, 7) is 6.80. The summed E-state index contributed by atoms with van der Waals surface area (Å²) in [5.41, 5.74) is 4.17. The zero-order chi connectivity index (χ0) is 16.7. The van der Waals surface area contributed by atoms with Crippen LogP contribution in [0.1, 0.15) is 26.3 Å². The molecule has 0 radical (unpaired) electrons. The Bertz CT molecular complexity index is 1030. The van der Waals surface area contributed by atoms with Crippen LogP contribution in [-0.2, 0) is 5.41 Å². The van der Waals surface area contributed by atoms with E-state index in [-0.39, 0.29) is 5.41 Å². The highest BCUT2D eigenvalue weighted by Gasteiger charge is 2.15. The summed E-state index contributed by atoms with van der Waals surface area (Å²) in [6, 6.07) is 28.7. The molecule has 0 unspecified atom stereocenters. The molecule has 0 atom stereocenters. The van der Waals surface area contributed by atoms with Gasteiger partial charge in [-0.2, -0.15) is 0 Å². The summed E-state index contributed by atoms with van der Waals surface area (Å²) in [4.78, 5) is 0. The first kappa shape index (κ1) is 15.0. The molecule has 0 N–H and O–H groups in total. The highest BCUT2D eigenvalue weighted by atomic mass is 14.2. The Balaban J connectivity index is 2.00. The SMILES string of the molecule is CC(C)(C)c1ccc2c(-c3cccc4ccccc34)cccc2c1. The predicted octanol–water partition coefficient (Wildman–Crippen LogP) is 6.96. The molecule has 0 aromatic heterocycles. The second-order valence-electron chi connectivity index (χ2n) is 7.52. The highest BCUT2D eigenvalue weighted by molar-refractivity contribution is 6.05. The average molecular weight is 310 g/mol. The second kappa shape index (κ2) is 5.49. The summed E-state index contributed by atoms with van der Waals surface area (Å²) < 4.78 is 0. The van der Waals surface area contributed by atoms with Crippen molar-refractivity contribution in [3.05, 3.63) is 84.4 Å². The molecule has 0 heteroatoms. The van der Waals surface area contributed by atoms with Gasteiger partial charge >= 0.3 is 0 Å². The first-order valence-corrected chi connectivity index (χ1v) is 8.55. The number of hydrogen-bond acceptors (Lipinski definition) is 0. The van der Waals surface area contributed by atoms with Gasteiger partial charge in [0.1, 0.15) is 0 Å². The van der Waals surface area contributed by atoms with Crippen LogP contribution < -0.4 is 0 Å². The van der Waals surface area contributed by atoms with Crippen LogP contribution in [0, 0.1) is 0 Å². The van der Waals surface area contributed by atoms with Crippen LogP contribution in [0.5, 0.6) is 0 Å². The molecule has 0 saturated carbocycles. The lowest BCUT2D eigenvalue weighted by Crippen LogP contribution is -2.10. The standard InChI is InChI=1S/C24H22/c1-24(2,3)19-14-15-21-18(16-19)10-7-13-23(21)22-12-6-9-17-8-4-5-11-20(17)22/h4-16H,1-3H3. The van der Waals surface area contributed by atoms with E-state index in [0.717, 1.165) is 0 Å². The molecule has 0 aliphatic rings. The van der Waals surface area contributed by atoms with Crippen molar-refractivity contribution in [1.29, 1.82) is 0 Å². The molecular weight excluding hydrogens is 288 g/mol. The number of fused-ring (bicyclic) bond motifs is 2. The van der Waals surface area contributed by atoms with Gasteiger partial charge in [-0.1, -0.05) is 99.6 Å². The quantitative estimate of drug-likeness (QED) is 0.356. The molecule has 0 nitrogen and oxygen atoms in total. The minimum absolute atomic E-state index is 0.170. The maximum absolute atomic E-state index is 2.34. The van der Waals surface area contributed by atoms with Gasteiger partial charge in [0.2, 0.25) is 0 Å². The molecular formula is C24H22. The van der Waals surface area contributed by atoms with Crippen LogP contribution in [0.25, 0.3) is 32.7 Å². The molecule has 0 saturated heterocycles. The fraction of sp³-hybridized carbons (Fsp3) is 0.167. The zero-order valence-corrected chi connectivity index (χ0v) is 14.5. The maximum atomic E-state index is 2.34. The Morgan fingerprint density at radius 2 is 1.12 bits per heavy atom. The van der Waals surface area contributed by atoms with E-state index >= 15 is 0 Å². The van der Waals surface area contributed by atoms with Crippen molar-refractivity contribution in [1.82, 2.24) is 0 Å². The van der Waals surface area contributed by atoms with Gasteiger partial charge < -0.3 is 0 Å². The molecule has 118 valence electrons. The second-order valence-corrected chi connectivity index (χ2v) is 7.52. The summed E-state index contributed by atoms with van der Waals surface area (Å²) in [6.07, 6.45) is 0. The third-order valence-corrected chi connectivity index (χ3v) is 4.83. The molecule has 0 heterocycles. The molecule has 24 heavy (non-hydrogen) atoms. The van der Waals surface area contributed by atoms with Gasteiger partial charge in [0.25, 0.3) is 0 Å². The lowest BCUT2D eigenvalue weighted by Gasteiger charge is -2.20. The lowest BCUT2D eigenvalue weighted by atomic mass is 9.85. The third-order valence-electron chi connectivity index (χ3n) is 4.83. The summed E-state index contributed by atoms with van der Waals surface area (Å²) in [5.74, 6) is 0. The first-order chi connectivity index (χ1) is 11.5. The van der Waals surface area contributed by atoms with E-state index in [1.165, 1.54) is 38.2 Å². The molecule has 4 aromatic carbocycles. The van der Waals surface area contributed by atoms with Crippen molar-refractivity contribution >= 4 is 21.5 Å². The maximum Gasteiger partial charge on any atom is -0.00992 e. The fourth-order valence-electron chi connectivity index (χ4n) is 3.45. The van der Waals surface area contributed by atoms with Crippen LogP contribution in [0.3, 0.4) is 0 Å². The van der Waals surface area contributed by atoms with Crippen LogP contribution >= 0.6 is 0 Å². The van der Waals surface area contributed by atoms with Gasteiger partial charge in [-0.15, -0.1) is 0 Å². The third kappa shape index (κ3) is 2.49. The molecule has 4 rings (SSSR count). The van der Waals surface area contributed by atoms with Crippen LogP contribution in [0.2, 0.25) is 0 Å². The van der Waals surface area contributed by atoms with E-state index in [0.29, 0.717) is 0 Å². The fourth-order valence-corrected chi connectivity index (χ4v) is 3.45. The van der Waals surface area contributed by atoms with E-state index in [2.05, 4.69) is 99.6 Å². The number of hydrogen-bond donors (Lipinski definition) is 0. The van der Waals surface area contributed by atoms with E-state index in [9.17, 15) is 0 Å². The first-order valence-electron chi connectivity index (χ1n) is 8.55. The van der Waals surface area contributed by atoms with Gasteiger partial charge in [0.15, 0.2) is 0 Å². The van der Waals surface area contributed by atoms with E-state index in [1.54, 1.807) is 0 Å². The molecule has 0 amide bonds. The summed E-state index contributed by atoms with van der Waals surface area (Å²) in [5, 5.41) is 5.24. The van der Waals surface area contributed by atoms with Crippen LogP contribution in [-0.4, -0.2) is 0 Å².